The summed E-state index contributed by atoms with van der Waals surface area (Å²) in [5.41, 5.74) is 4.12. The number of aryl methyl sites for hydroxylation is 2. The highest BCUT2D eigenvalue weighted by molar-refractivity contribution is 14.0. The standard InChI is InChI=1S/C17H23BrFN5.HI/c1-5-20-17(21-9-13-6-7-15(18)16(19)8-13)22-10-14-11(2)23-24(4)12(14)3;/h6-8H,5,9-10H2,1-4H3,(H2,20,21,22);1H. The van der Waals surface area contributed by atoms with E-state index in [0.717, 1.165) is 29.1 Å². The van der Waals surface area contributed by atoms with Gasteiger partial charge in [-0.05, 0) is 54.4 Å². The summed E-state index contributed by atoms with van der Waals surface area (Å²) in [6.45, 7) is 7.86. The predicted molar refractivity (Wildman–Crippen MR) is 114 cm³/mol. The molecule has 138 valence electrons. The fourth-order valence-electron chi connectivity index (χ4n) is 2.40. The summed E-state index contributed by atoms with van der Waals surface area (Å²) in [4.78, 5) is 4.52. The van der Waals surface area contributed by atoms with Gasteiger partial charge in [-0.2, -0.15) is 5.10 Å². The number of halogens is 3. The van der Waals surface area contributed by atoms with E-state index in [9.17, 15) is 4.39 Å². The third kappa shape index (κ3) is 5.95. The van der Waals surface area contributed by atoms with Crippen molar-refractivity contribution < 1.29 is 4.39 Å². The third-order valence-electron chi connectivity index (χ3n) is 3.84. The highest BCUT2D eigenvalue weighted by Gasteiger charge is 2.09. The van der Waals surface area contributed by atoms with Crippen LogP contribution < -0.4 is 10.6 Å². The monoisotopic (exact) mass is 523 g/mol. The van der Waals surface area contributed by atoms with Crippen molar-refractivity contribution in [3.05, 3.63) is 51.0 Å². The van der Waals surface area contributed by atoms with E-state index in [1.54, 1.807) is 6.07 Å². The maximum Gasteiger partial charge on any atom is 0.191 e. The number of aliphatic imine (C=N–C) groups is 1. The number of guanidine groups is 1. The van der Waals surface area contributed by atoms with Crippen molar-refractivity contribution in [2.45, 2.75) is 33.9 Å². The minimum Gasteiger partial charge on any atom is -0.357 e. The van der Waals surface area contributed by atoms with Gasteiger partial charge in [0.05, 0.1) is 16.7 Å². The molecule has 0 bridgehead atoms. The molecule has 0 atom stereocenters. The van der Waals surface area contributed by atoms with Crippen LogP contribution in [0.1, 0.15) is 29.4 Å². The molecule has 1 heterocycles. The molecule has 2 rings (SSSR count). The first-order valence-electron chi connectivity index (χ1n) is 7.87. The number of nitrogens with one attached hydrogen (secondary N) is 2. The fraction of sp³-hybridized carbons (Fsp3) is 0.412. The molecule has 0 spiro atoms. The summed E-state index contributed by atoms with van der Waals surface area (Å²) in [6, 6.07) is 5.05. The lowest BCUT2D eigenvalue weighted by Crippen LogP contribution is -2.37. The number of rotatable bonds is 5. The van der Waals surface area contributed by atoms with E-state index >= 15 is 0 Å². The molecule has 0 radical (unpaired) electrons. The Kier molecular flexibility index (Phi) is 8.84. The number of hydrogen-bond donors (Lipinski definition) is 2. The second kappa shape index (κ2) is 10.1. The first-order valence-corrected chi connectivity index (χ1v) is 8.66. The second-order valence-corrected chi connectivity index (χ2v) is 6.42. The average Bonchev–Trinajstić information content (AvgIpc) is 2.78. The Bertz CT molecular complexity index is 745. The van der Waals surface area contributed by atoms with Crippen LogP contribution in [0.25, 0.3) is 0 Å². The molecular formula is C17H24BrFIN5. The first-order chi connectivity index (χ1) is 11.4. The van der Waals surface area contributed by atoms with Crippen molar-refractivity contribution in [1.82, 2.24) is 20.4 Å². The lowest BCUT2D eigenvalue weighted by atomic mass is 10.2. The van der Waals surface area contributed by atoms with Gasteiger partial charge in [-0.1, -0.05) is 6.07 Å². The van der Waals surface area contributed by atoms with Crippen LogP contribution >= 0.6 is 39.9 Å². The number of benzene rings is 1. The van der Waals surface area contributed by atoms with Gasteiger partial charge in [0.2, 0.25) is 0 Å². The van der Waals surface area contributed by atoms with Crippen LogP contribution in [-0.4, -0.2) is 22.3 Å². The summed E-state index contributed by atoms with van der Waals surface area (Å²) >= 11 is 3.16. The van der Waals surface area contributed by atoms with Crippen LogP contribution in [0, 0.1) is 19.7 Å². The van der Waals surface area contributed by atoms with Gasteiger partial charge in [-0.3, -0.25) is 4.68 Å². The van der Waals surface area contributed by atoms with Crippen LogP contribution in [0.5, 0.6) is 0 Å². The van der Waals surface area contributed by atoms with Gasteiger partial charge in [0.15, 0.2) is 5.96 Å². The third-order valence-corrected chi connectivity index (χ3v) is 4.48. The number of nitrogens with zero attached hydrogens (tertiary/aromatic N) is 3. The molecule has 25 heavy (non-hydrogen) atoms. The highest BCUT2D eigenvalue weighted by Crippen LogP contribution is 2.17. The molecule has 2 N–H and O–H groups in total. The molecular weight excluding hydrogens is 500 g/mol. The summed E-state index contributed by atoms with van der Waals surface area (Å²) in [6.07, 6.45) is 0. The first kappa shape index (κ1) is 21.9. The van der Waals surface area contributed by atoms with Crippen molar-refractivity contribution in [3.8, 4) is 0 Å². The lowest BCUT2D eigenvalue weighted by molar-refractivity contribution is 0.618. The molecule has 0 fully saturated rings. The molecule has 1 aromatic heterocycles. The smallest absolute Gasteiger partial charge is 0.191 e. The molecule has 5 nitrogen and oxygen atoms in total. The van der Waals surface area contributed by atoms with E-state index < -0.39 is 0 Å². The average molecular weight is 524 g/mol. The molecule has 0 saturated carbocycles. The Labute approximate surface area is 173 Å². The van der Waals surface area contributed by atoms with Crippen LogP contribution in [0.2, 0.25) is 0 Å². The molecule has 2 aromatic rings. The molecule has 8 heteroatoms. The van der Waals surface area contributed by atoms with Gasteiger partial charge < -0.3 is 10.6 Å². The van der Waals surface area contributed by atoms with Gasteiger partial charge in [-0.25, -0.2) is 9.38 Å². The number of aromatic nitrogens is 2. The minimum absolute atomic E-state index is 0. The Morgan fingerprint density at radius 3 is 2.60 bits per heavy atom. The van der Waals surface area contributed by atoms with E-state index in [0.29, 0.717) is 23.5 Å². The molecule has 0 unspecified atom stereocenters. The largest absolute Gasteiger partial charge is 0.357 e. The highest BCUT2D eigenvalue weighted by atomic mass is 127. The van der Waals surface area contributed by atoms with Crippen LogP contribution in [0.15, 0.2) is 27.7 Å². The van der Waals surface area contributed by atoms with Crippen molar-refractivity contribution in [2.75, 3.05) is 6.54 Å². The van der Waals surface area contributed by atoms with Crippen molar-refractivity contribution in [1.29, 1.82) is 0 Å². The maximum atomic E-state index is 13.6. The normalized spacial score (nSPS) is 11.2. The van der Waals surface area contributed by atoms with Crippen LogP contribution in [0.3, 0.4) is 0 Å². The molecule has 0 saturated heterocycles. The van der Waals surface area contributed by atoms with Gasteiger partial charge >= 0.3 is 0 Å². The summed E-state index contributed by atoms with van der Waals surface area (Å²) in [5.74, 6) is 0.422. The van der Waals surface area contributed by atoms with E-state index in [-0.39, 0.29) is 29.8 Å². The van der Waals surface area contributed by atoms with Crippen LogP contribution in [-0.2, 0) is 20.1 Å². The Morgan fingerprint density at radius 1 is 1.32 bits per heavy atom. The molecule has 0 amide bonds. The second-order valence-electron chi connectivity index (χ2n) is 5.57. The SMILES string of the molecule is CCNC(=NCc1ccc(Br)c(F)c1)NCc1c(C)nn(C)c1C.I. The molecule has 0 aliphatic rings. The predicted octanol–water partition coefficient (Wildman–Crippen LogP) is 3.81. The summed E-state index contributed by atoms with van der Waals surface area (Å²) < 4.78 is 15.9. The van der Waals surface area contributed by atoms with Gasteiger partial charge in [0, 0.05) is 31.4 Å². The van der Waals surface area contributed by atoms with Gasteiger partial charge in [0.1, 0.15) is 5.82 Å². The topological polar surface area (TPSA) is 54.2 Å². The lowest BCUT2D eigenvalue weighted by Gasteiger charge is -2.12. The zero-order valence-corrected chi connectivity index (χ0v) is 18.8. The van der Waals surface area contributed by atoms with Crippen LogP contribution in [0.4, 0.5) is 4.39 Å². The van der Waals surface area contributed by atoms with E-state index in [2.05, 4.69) is 36.7 Å². The van der Waals surface area contributed by atoms with Gasteiger partial charge in [-0.15, -0.1) is 24.0 Å². The van der Waals surface area contributed by atoms with Gasteiger partial charge in [0.25, 0.3) is 0 Å². The summed E-state index contributed by atoms with van der Waals surface area (Å²) in [7, 11) is 1.94. The Morgan fingerprint density at radius 2 is 2.04 bits per heavy atom. The van der Waals surface area contributed by atoms with Crippen molar-refractivity contribution in [2.24, 2.45) is 12.0 Å². The molecule has 0 aliphatic carbocycles. The quantitative estimate of drug-likeness (QED) is 0.356. The van der Waals surface area contributed by atoms with E-state index in [1.807, 2.05) is 38.6 Å². The Balaban J connectivity index is 0.00000312. The molecule has 0 aliphatic heterocycles. The van der Waals surface area contributed by atoms with Crippen molar-refractivity contribution >= 4 is 45.9 Å². The molecule has 1 aromatic carbocycles. The zero-order valence-electron chi connectivity index (χ0n) is 14.9. The Hall–Kier alpha value is -1.16. The summed E-state index contributed by atoms with van der Waals surface area (Å²) in [5, 5.41) is 10.9. The number of hydrogen-bond acceptors (Lipinski definition) is 2. The van der Waals surface area contributed by atoms with E-state index in [4.69, 9.17) is 0 Å². The zero-order chi connectivity index (χ0) is 17.7. The minimum atomic E-state index is -0.276. The maximum absolute atomic E-state index is 13.6. The van der Waals surface area contributed by atoms with Crippen molar-refractivity contribution in [3.63, 3.8) is 0 Å². The fourth-order valence-corrected chi connectivity index (χ4v) is 2.64. The van der Waals surface area contributed by atoms with E-state index in [1.165, 1.54) is 6.07 Å².